The third-order valence-electron chi connectivity index (χ3n) is 2.05. The largest absolute Gasteiger partial charge is 0.375 e. The number of thiazole rings is 1. The molecule has 0 saturated heterocycles. The minimum Gasteiger partial charge on any atom is -0.375 e. The second-order valence-electron chi connectivity index (χ2n) is 3.48. The number of carbonyl (C=O) groups is 1. The number of thioether (sulfide) groups is 1. The van der Waals surface area contributed by atoms with Gasteiger partial charge in [-0.25, -0.2) is 4.98 Å². The summed E-state index contributed by atoms with van der Waals surface area (Å²) in [5, 5.41) is 3.75. The maximum atomic E-state index is 11.8. The summed E-state index contributed by atoms with van der Waals surface area (Å²) in [5.41, 5.74) is 6.11. The van der Waals surface area contributed by atoms with E-state index in [9.17, 15) is 4.79 Å². The number of anilines is 2. The van der Waals surface area contributed by atoms with Crippen molar-refractivity contribution in [3.05, 3.63) is 33.9 Å². The van der Waals surface area contributed by atoms with Crippen LogP contribution in [0, 0.1) is 0 Å². The lowest BCUT2D eigenvalue weighted by atomic mass is 10.3. The molecule has 8 heteroatoms. The molecule has 1 aromatic heterocycles. The molecule has 0 saturated carbocycles. The van der Waals surface area contributed by atoms with E-state index in [1.165, 1.54) is 23.1 Å². The maximum absolute atomic E-state index is 11.8. The molecule has 0 unspecified atom stereocenters. The molecule has 0 fully saturated rings. The van der Waals surface area contributed by atoms with Crippen molar-refractivity contribution in [2.75, 3.05) is 16.8 Å². The van der Waals surface area contributed by atoms with E-state index in [4.69, 9.17) is 17.3 Å². The molecular formula is C11H9BrClN3OS2. The number of aromatic nitrogens is 1. The van der Waals surface area contributed by atoms with E-state index in [2.05, 4.69) is 26.2 Å². The average molecular weight is 379 g/mol. The fraction of sp³-hybridized carbons (Fsp3) is 0.0909. The highest BCUT2D eigenvalue weighted by Crippen LogP contribution is 2.28. The molecule has 3 N–H and O–H groups in total. The summed E-state index contributed by atoms with van der Waals surface area (Å²) in [7, 11) is 0. The molecule has 4 nitrogen and oxygen atoms in total. The Balaban J connectivity index is 1.90. The van der Waals surface area contributed by atoms with Gasteiger partial charge in [0.2, 0.25) is 5.91 Å². The van der Waals surface area contributed by atoms with Gasteiger partial charge >= 0.3 is 0 Å². The molecule has 0 aliphatic rings. The van der Waals surface area contributed by atoms with Gasteiger partial charge in [0.1, 0.15) is 0 Å². The zero-order valence-corrected chi connectivity index (χ0v) is 13.5. The van der Waals surface area contributed by atoms with Crippen LogP contribution in [0.15, 0.2) is 33.1 Å². The normalized spacial score (nSPS) is 10.4. The summed E-state index contributed by atoms with van der Waals surface area (Å²) in [5.74, 6) is 0.162. The highest BCUT2D eigenvalue weighted by molar-refractivity contribution is 9.10. The topological polar surface area (TPSA) is 68.0 Å². The van der Waals surface area contributed by atoms with E-state index in [1.807, 2.05) is 6.07 Å². The van der Waals surface area contributed by atoms with E-state index < -0.39 is 0 Å². The van der Waals surface area contributed by atoms with Crippen molar-refractivity contribution in [1.29, 1.82) is 0 Å². The minimum atomic E-state index is -0.124. The lowest BCUT2D eigenvalue weighted by Gasteiger charge is -2.06. The standard InChI is InChI=1S/C11H9BrClN3OS2/c12-6-1-2-8(7(13)3-6)16-9(17)5-18-10-4-15-11(14)19-10/h1-4H,5H2,(H2,14,15)(H,16,17). The van der Waals surface area contributed by atoms with Crippen LogP contribution >= 0.6 is 50.6 Å². The number of nitrogens with two attached hydrogens (primary N) is 1. The SMILES string of the molecule is Nc1ncc(SCC(=O)Nc2ccc(Br)cc2Cl)s1. The van der Waals surface area contributed by atoms with E-state index in [-0.39, 0.29) is 11.7 Å². The number of halogens is 2. The number of amides is 1. The van der Waals surface area contributed by atoms with Crippen molar-refractivity contribution in [3.8, 4) is 0 Å². The van der Waals surface area contributed by atoms with Crippen LogP contribution in [-0.4, -0.2) is 16.6 Å². The van der Waals surface area contributed by atoms with Gasteiger partial charge in [0, 0.05) is 4.47 Å². The molecule has 100 valence electrons. The van der Waals surface area contributed by atoms with Crippen LogP contribution in [0.2, 0.25) is 5.02 Å². The van der Waals surface area contributed by atoms with Gasteiger partial charge in [-0.1, -0.05) is 38.9 Å². The van der Waals surface area contributed by atoms with Gasteiger partial charge in [-0.15, -0.1) is 11.8 Å². The number of nitrogens with zero attached hydrogens (tertiary/aromatic N) is 1. The fourth-order valence-corrected chi connectivity index (χ4v) is 3.53. The monoisotopic (exact) mass is 377 g/mol. The molecule has 0 radical (unpaired) electrons. The number of hydrogen-bond donors (Lipinski definition) is 2. The van der Waals surface area contributed by atoms with Crippen molar-refractivity contribution < 1.29 is 4.79 Å². The van der Waals surface area contributed by atoms with Crippen LogP contribution in [0.3, 0.4) is 0 Å². The van der Waals surface area contributed by atoms with E-state index in [1.54, 1.807) is 18.3 Å². The zero-order chi connectivity index (χ0) is 13.8. The van der Waals surface area contributed by atoms with Crippen LogP contribution in [0.25, 0.3) is 0 Å². The Labute approximate surface area is 131 Å². The number of nitrogens with one attached hydrogen (secondary N) is 1. The Morgan fingerprint density at radius 1 is 1.58 bits per heavy atom. The van der Waals surface area contributed by atoms with Gasteiger partial charge in [-0.3, -0.25) is 4.79 Å². The van der Waals surface area contributed by atoms with Crippen LogP contribution in [-0.2, 0) is 4.79 Å². The van der Waals surface area contributed by atoms with E-state index in [0.717, 1.165) is 8.68 Å². The summed E-state index contributed by atoms with van der Waals surface area (Å²) in [6, 6.07) is 5.30. The van der Waals surface area contributed by atoms with Crippen LogP contribution in [0.1, 0.15) is 0 Å². The minimum absolute atomic E-state index is 0.124. The summed E-state index contributed by atoms with van der Waals surface area (Å²) in [6.07, 6.45) is 1.66. The number of carbonyl (C=O) groups excluding carboxylic acids is 1. The predicted molar refractivity (Wildman–Crippen MR) is 85.0 cm³/mol. The first-order valence-corrected chi connectivity index (χ1v) is 8.11. The molecular weight excluding hydrogens is 370 g/mol. The molecule has 1 amide bonds. The predicted octanol–water partition coefficient (Wildman–Crippen LogP) is 3.87. The molecule has 2 aromatic rings. The molecule has 1 heterocycles. The van der Waals surface area contributed by atoms with Crippen molar-refractivity contribution in [2.24, 2.45) is 0 Å². The highest BCUT2D eigenvalue weighted by atomic mass is 79.9. The summed E-state index contributed by atoms with van der Waals surface area (Å²) >= 11 is 12.1. The van der Waals surface area contributed by atoms with Crippen molar-refractivity contribution >= 4 is 67.4 Å². The number of rotatable bonds is 4. The Kier molecular flexibility index (Phi) is 5.09. The first-order chi connectivity index (χ1) is 9.04. The molecule has 19 heavy (non-hydrogen) atoms. The summed E-state index contributed by atoms with van der Waals surface area (Å²) in [4.78, 5) is 15.7. The van der Waals surface area contributed by atoms with Crippen molar-refractivity contribution in [1.82, 2.24) is 4.98 Å². The third-order valence-corrected chi connectivity index (χ3v) is 4.88. The lowest BCUT2D eigenvalue weighted by molar-refractivity contribution is -0.113. The van der Waals surface area contributed by atoms with Gasteiger partial charge in [-0.05, 0) is 18.2 Å². The third kappa shape index (κ3) is 4.38. The van der Waals surface area contributed by atoms with E-state index >= 15 is 0 Å². The fourth-order valence-electron chi connectivity index (χ4n) is 1.25. The first kappa shape index (κ1) is 14.6. The van der Waals surface area contributed by atoms with Gasteiger partial charge in [0.15, 0.2) is 5.13 Å². The van der Waals surface area contributed by atoms with Gasteiger partial charge in [-0.2, -0.15) is 0 Å². The molecule has 0 bridgehead atoms. The van der Waals surface area contributed by atoms with Crippen LogP contribution < -0.4 is 11.1 Å². The molecule has 0 aliphatic carbocycles. The average Bonchev–Trinajstić information content (AvgIpc) is 2.76. The van der Waals surface area contributed by atoms with Gasteiger partial charge in [0.05, 0.1) is 26.9 Å². The quantitative estimate of drug-likeness (QED) is 0.792. The lowest BCUT2D eigenvalue weighted by Crippen LogP contribution is -2.14. The maximum Gasteiger partial charge on any atom is 0.234 e. The van der Waals surface area contributed by atoms with Gasteiger partial charge in [0.25, 0.3) is 0 Å². The first-order valence-electron chi connectivity index (χ1n) is 5.13. The molecule has 0 aliphatic heterocycles. The van der Waals surface area contributed by atoms with E-state index in [0.29, 0.717) is 15.8 Å². The Bertz CT molecular complexity index is 605. The smallest absolute Gasteiger partial charge is 0.234 e. The summed E-state index contributed by atoms with van der Waals surface area (Å²) in [6.45, 7) is 0. The Hall–Kier alpha value is -0.760. The zero-order valence-electron chi connectivity index (χ0n) is 9.52. The van der Waals surface area contributed by atoms with Crippen LogP contribution in [0.4, 0.5) is 10.8 Å². The molecule has 1 aromatic carbocycles. The van der Waals surface area contributed by atoms with Crippen LogP contribution in [0.5, 0.6) is 0 Å². The highest BCUT2D eigenvalue weighted by Gasteiger charge is 2.08. The molecule has 2 rings (SSSR count). The second kappa shape index (κ2) is 6.60. The van der Waals surface area contributed by atoms with Crippen molar-refractivity contribution in [3.63, 3.8) is 0 Å². The molecule has 0 spiro atoms. The summed E-state index contributed by atoms with van der Waals surface area (Å²) < 4.78 is 1.78. The Morgan fingerprint density at radius 2 is 2.37 bits per heavy atom. The van der Waals surface area contributed by atoms with Crippen molar-refractivity contribution in [2.45, 2.75) is 4.21 Å². The number of hydrogen-bond acceptors (Lipinski definition) is 5. The number of nitrogen functional groups attached to an aromatic ring is 1. The van der Waals surface area contributed by atoms with Gasteiger partial charge < -0.3 is 11.1 Å². The Morgan fingerprint density at radius 3 is 3.00 bits per heavy atom. The second-order valence-corrected chi connectivity index (χ2v) is 7.14. The molecule has 0 atom stereocenters. The number of benzene rings is 1.